The number of rotatable bonds is 5. The summed E-state index contributed by atoms with van der Waals surface area (Å²) >= 11 is 1.58. The highest BCUT2D eigenvalue weighted by atomic mass is 32.1. The van der Waals surface area contributed by atoms with Crippen LogP contribution in [0.5, 0.6) is 0 Å². The molecule has 100 valence electrons. The van der Waals surface area contributed by atoms with E-state index < -0.39 is 0 Å². The van der Waals surface area contributed by atoms with E-state index >= 15 is 0 Å². The van der Waals surface area contributed by atoms with Crippen LogP contribution in [-0.4, -0.2) is 18.4 Å². The van der Waals surface area contributed by atoms with E-state index in [0.717, 1.165) is 4.88 Å². The number of hydrogen-bond acceptors (Lipinski definition) is 4. The molecule has 0 saturated carbocycles. The van der Waals surface area contributed by atoms with Gasteiger partial charge in [-0.2, -0.15) is 0 Å². The third-order valence-corrected chi connectivity index (χ3v) is 3.60. The van der Waals surface area contributed by atoms with Gasteiger partial charge in [0.25, 0.3) is 5.91 Å². The zero-order chi connectivity index (χ0) is 13.7. The first-order chi connectivity index (χ1) is 9.16. The lowest BCUT2D eigenvalue weighted by Crippen LogP contribution is -2.37. The highest BCUT2D eigenvalue weighted by molar-refractivity contribution is 7.10. The van der Waals surface area contributed by atoms with Crippen molar-refractivity contribution in [2.24, 2.45) is 0 Å². The van der Waals surface area contributed by atoms with Crippen molar-refractivity contribution in [1.29, 1.82) is 0 Å². The first kappa shape index (κ1) is 13.4. The molecule has 2 aromatic rings. The van der Waals surface area contributed by atoms with Crippen LogP contribution in [0.2, 0.25) is 0 Å². The monoisotopic (exact) mass is 278 g/mol. The van der Waals surface area contributed by atoms with Crippen molar-refractivity contribution in [3.63, 3.8) is 0 Å². The molecule has 0 aliphatic carbocycles. The molecule has 0 aromatic carbocycles. The Labute approximate surface area is 114 Å². The highest BCUT2D eigenvalue weighted by Crippen LogP contribution is 2.17. The Balaban J connectivity index is 1.77. The summed E-state index contributed by atoms with van der Waals surface area (Å²) in [6, 6.07) is 5.38. The zero-order valence-electron chi connectivity index (χ0n) is 10.4. The molecule has 0 aliphatic heterocycles. The summed E-state index contributed by atoms with van der Waals surface area (Å²) in [6.07, 6.45) is 2.75. The van der Waals surface area contributed by atoms with E-state index in [2.05, 4.69) is 10.6 Å². The summed E-state index contributed by atoms with van der Waals surface area (Å²) in [5, 5.41) is 7.30. The van der Waals surface area contributed by atoms with Gasteiger partial charge in [0.05, 0.1) is 24.4 Å². The molecule has 0 unspecified atom stereocenters. The van der Waals surface area contributed by atoms with Crippen molar-refractivity contribution in [2.45, 2.75) is 13.0 Å². The van der Waals surface area contributed by atoms with Crippen LogP contribution in [0.15, 0.2) is 40.5 Å². The molecule has 6 heteroatoms. The lowest BCUT2D eigenvalue weighted by Gasteiger charge is -2.12. The van der Waals surface area contributed by atoms with Gasteiger partial charge in [-0.3, -0.25) is 9.59 Å². The summed E-state index contributed by atoms with van der Waals surface area (Å²) in [5.74, 6) is -0.551. The first-order valence-corrected chi connectivity index (χ1v) is 6.68. The minimum atomic E-state index is -0.326. The van der Waals surface area contributed by atoms with Gasteiger partial charge in [-0.15, -0.1) is 11.3 Å². The Hall–Kier alpha value is -2.08. The van der Waals surface area contributed by atoms with Crippen molar-refractivity contribution in [3.05, 3.63) is 46.5 Å². The molecule has 2 heterocycles. The maximum absolute atomic E-state index is 11.7. The lowest BCUT2D eigenvalue weighted by molar-refractivity contribution is -0.120. The second kappa shape index (κ2) is 6.19. The van der Waals surface area contributed by atoms with E-state index in [1.54, 1.807) is 17.4 Å². The molecule has 0 fully saturated rings. The van der Waals surface area contributed by atoms with Crippen LogP contribution < -0.4 is 10.6 Å². The van der Waals surface area contributed by atoms with Crippen LogP contribution in [0.3, 0.4) is 0 Å². The van der Waals surface area contributed by atoms with Gasteiger partial charge in [0.1, 0.15) is 6.26 Å². The Morgan fingerprint density at radius 1 is 1.42 bits per heavy atom. The maximum atomic E-state index is 11.7. The van der Waals surface area contributed by atoms with Gasteiger partial charge in [0, 0.05) is 4.88 Å². The van der Waals surface area contributed by atoms with Crippen molar-refractivity contribution in [3.8, 4) is 0 Å². The van der Waals surface area contributed by atoms with E-state index in [1.807, 2.05) is 24.4 Å². The maximum Gasteiger partial charge on any atom is 0.254 e. The minimum absolute atomic E-state index is 0.0558. The number of carbonyl (C=O) groups excluding carboxylic acids is 2. The smallest absolute Gasteiger partial charge is 0.254 e. The Morgan fingerprint density at radius 3 is 2.89 bits per heavy atom. The summed E-state index contributed by atoms with van der Waals surface area (Å²) in [5.41, 5.74) is 0.402. The number of thiophene rings is 1. The number of nitrogens with one attached hydrogen (secondary N) is 2. The fourth-order valence-corrected chi connectivity index (χ4v) is 2.29. The van der Waals surface area contributed by atoms with Crippen molar-refractivity contribution in [2.75, 3.05) is 6.54 Å². The third kappa shape index (κ3) is 3.69. The molecule has 2 N–H and O–H groups in total. The van der Waals surface area contributed by atoms with Crippen LogP contribution in [0, 0.1) is 0 Å². The van der Waals surface area contributed by atoms with Gasteiger partial charge >= 0.3 is 0 Å². The number of amides is 2. The average molecular weight is 278 g/mol. The van der Waals surface area contributed by atoms with Crippen molar-refractivity contribution >= 4 is 23.2 Å². The molecule has 0 radical (unpaired) electrons. The molecule has 0 aliphatic rings. The van der Waals surface area contributed by atoms with Crippen LogP contribution in [-0.2, 0) is 4.79 Å². The average Bonchev–Trinajstić information content (AvgIpc) is 3.07. The first-order valence-electron chi connectivity index (χ1n) is 5.80. The van der Waals surface area contributed by atoms with Crippen LogP contribution in [0.1, 0.15) is 28.2 Å². The second-order valence-corrected chi connectivity index (χ2v) is 4.98. The molecule has 1 atom stereocenters. The second-order valence-electron chi connectivity index (χ2n) is 4.00. The van der Waals surface area contributed by atoms with Gasteiger partial charge in [-0.1, -0.05) is 6.07 Å². The number of furan rings is 1. The van der Waals surface area contributed by atoms with Crippen LogP contribution in [0.25, 0.3) is 0 Å². The van der Waals surface area contributed by atoms with Gasteiger partial charge in [0.2, 0.25) is 5.91 Å². The number of hydrogen-bond donors (Lipinski definition) is 2. The van der Waals surface area contributed by atoms with Gasteiger partial charge in [0.15, 0.2) is 0 Å². The van der Waals surface area contributed by atoms with E-state index in [0.29, 0.717) is 5.56 Å². The van der Waals surface area contributed by atoms with Crippen molar-refractivity contribution in [1.82, 2.24) is 10.6 Å². The molecule has 2 aromatic heterocycles. The van der Waals surface area contributed by atoms with E-state index in [4.69, 9.17) is 4.42 Å². The fourth-order valence-electron chi connectivity index (χ4n) is 1.56. The topological polar surface area (TPSA) is 71.3 Å². The molecule has 2 amide bonds. The van der Waals surface area contributed by atoms with Crippen molar-refractivity contribution < 1.29 is 14.0 Å². The van der Waals surface area contributed by atoms with E-state index in [-0.39, 0.29) is 24.4 Å². The summed E-state index contributed by atoms with van der Waals surface area (Å²) in [7, 11) is 0. The fraction of sp³-hybridized carbons (Fsp3) is 0.231. The molecule has 0 bridgehead atoms. The largest absolute Gasteiger partial charge is 0.472 e. The highest BCUT2D eigenvalue weighted by Gasteiger charge is 2.12. The molecule has 0 saturated heterocycles. The van der Waals surface area contributed by atoms with E-state index in [1.165, 1.54) is 12.5 Å². The molecule has 19 heavy (non-hydrogen) atoms. The molecule has 0 spiro atoms. The predicted molar refractivity (Wildman–Crippen MR) is 71.9 cm³/mol. The Bertz CT molecular complexity index is 534. The van der Waals surface area contributed by atoms with Gasteiger partial charge in [-0.25, -0.2) is 0 Å². The Kier molecular flexibility index (Phi) is 4.35. The van der Waals surface area contributed by atoms with Gasteiger partial charge < -0.3 is 15.1 Å². The summed E-state index contributed by atoms with van der Waals surface area (Å²) in [4.78, 5) is 24.3. The van der Waals surface area contributed by atoms with Crippen LogP contribution >= 0.6 is 11.3 Å². The number of carbonyl (C=O) groups is 2. The standard InChI is InChI=1S/C13H14N2O3S/c1-9(11-3-2-6-19-11)15-12(16)7-14-13(17)10-4-5-18-8-10/h2-6,8-9H,7H2,1H3,(H,14,17)(H,15,16)/t9-/m1/s1. The van der Waals surface area contributed by atoms with Gasteiger partial charge in [-0.05, 0) is 24.4 Å². The third-order valence-electron chi connectivity index (χ3n) is 2.54. The van der Waals surface area contributed by atoms with Crippen LogP contribution in [0.4, 0.5) is 0 Å². The lowest BCUT2D eigenvalue weighted by atomic mass is 10.2. The molecular formula is C13H14N2O3S. The quantitative estimate of drug-likeness (QED) is 0.878. The molecule has 2 rings (SSSR count). The zero-order valence-corrected chi connectivity index (χ0v) is 11.2. The Morgan fingerprint density at radius 2 is 2.26 bits per heavy atom. The van der Waals surface area contributed by atoms with E-state index in [9.17, 15) is 9.59 Å². The predicted octanol–water partition coefficient (Wildman–Crippen LogP) is 1.95. The molecule has 5 nitrogen and oxygen atoms in total. The summed E-state index contributed by atoms with van der Waals surface area (Å²) in [6.45, 7) is 1.85. The minimum Gasteiger partial charge on any atom is -0.472 e. The SMILES string of the molecule is C[C@@H](NC(=O)CNC(=O)c1ccoc1)c1cccs1. The normalized spacial score (nSPS) is 11.8. The summed E-state index contributed by atoms with van der Waals surface area (Å²) < 4.78 is 4.80. The molecular weight excluding hydrogens is 264 g/mol.